The molecule has 132 valence electrons. The van der Waals surface area contributed by atoms with Gasteiger partial charge in [0.15, 0.2) is 0 Å². The van der Waals surface area contributed by atoms with Gasteiger partial charge in [-0.05, 0) is 42.7 Å². The Balaban J connectivity index is 1.76. The number of nitrogens with one attached hydrogen (secondary N) is 1. The third-order valence-corrected chi connectivity index (χ3v) is 4.40. The Morgan fingerprint density at radius 2 is 2.00 bits per heavy atom. The summed E-state index contributed by atoms with van der Waals surface area (Å²) >= 11 is 0. The number of carbonyl (C=O) groups excluding carboxylic acids is 2. The number of likely N-dealkylation sites (tertiary alicyclic amines) is 1. The summed E-state index contributed by atoms with van der Waals surface area (Å²) in [5.74, 6) is -0.247. The predicted octanol–water partition coefficient (Wildman–Crippen LogP) is 2.90. The number of ether oxygens (including phenoxy) is 1. The number of carbonyl (C=O) groups is 2. The number of benzene rings is 2. The second-order valence-corrected chi connectivity index (χ2v) is 6.17. The van der Waals surface area contributed by atoms with Crippen molar-refractivity contribution in [3.8, 4) is 5.75 Å². The molecule has 1 saturated heterocycles. The lowest BCUT2D eigenvalue weighted by atomic mass is 10.0. The van der Waals surface area contributed by atoms with Crippen molar-refractivity contribution in [3.05, 3.63) is 42.0 Å². The van der Waals surface area contributed by atoms with E-state index < -0.39 is 6.09 Å². The van der Waals surface area contributed by atoms with Crippen LogP contribution >= 0.6 is 0 Å². The fourth-order valence-electron chi connectivity index (χ4n) is 3.19. The van der Waals surface area contributed by atoms with Crippen LogP contribution in [0.5, 0.6) is 5.75 Å². The lowest BCUT2D eigenvalue weighted by Crippen LogP contribution is -2.49. The SMILES string of the molecule is CCOC(=O)N[C@@H]1CCCN(C(=O)c2cc3ccccc3cc2O)C1. The van der Waals surface area contributed by atoms with Gasteiger partial charge in [0.1, 0.15) is 5.75 Å². The molecule has 2 aromatic carbocycles. The Bertz CT molecular complexity index is 790. The summed E-state index contributed by atoms with van der Waals surface area (Å²) in [6.07, 6.45) is 1.12. The van der Waals surface area contributed by atoms with E-state index in [0.29, 0.717) is 19.7 Å². The maximum absolute atomic E-state index is 12.8. The van der Waals surface area contributed by atoms with Gasteiger partial charge in [0.25, 0.3) is 5.91 Å². The molecule has 0 bridgehead atoms. The molecule has 1 fully saturated rings. The number of hydrogen-bond acceptors (Lipinski definition) is 4. The highest BCUT2D eigenvalue weighted by Gasteiger charge is 2.27. The minimum absolute atomic E-state index is 0.0239. The summed E-state index contributed by atoms with van der Waals surface area (Å²) in [5.41, 5.74) is 0.287. The van der Waals surface area contributed by atoms with Gasteiger partial charge in [0, 0.05) is 19.1 Å². The van der Waals surface area contributed by atoms with Crippen LogP contribution < -0.4 is 5.32 Å². The summed E-state index contributed by atoms with van der Waals surface area (Å²) in [5, 5.41) is 14.8. The Kier molecular flexibility index (Phi) is 5.07. The Morgan fingerprint density at radius 3 is 2.72 bits per heavy atom. The van der Waals surface area contributed by atoms with Gasteiger partial charge in [-0.3, -0.25) is 4.79 Å². The molecule has 2 aromatic rings. The zero-order chi connectivity index (χ0) is 17.8. The number of fused-ring (bicyclic) bond motifs is 1. The predicted molar refractivity (Wildman–Crippen MR) is 94.7 cm³/mol. The molecular formula is C19H22N2O4. The van der Waals surface area contributed by atoms with Gasteiger partial charge < -0.3 is 20.1 Å². The molecule has 1 aliphatic rings. The quantitative estimate of drug-likeness (QED) is 0.899. The normalized spacial score (nSPS) is 17.3. The van der Waals surface area contributed by atoms with E-state index in [1.807, 2.05) is 24.3 Å². The fraction of sp³-hybridized carbons (Fsp3) is 0.368. The van der Waals surface area contributed by atoms with Crippen molar-refractivity contribution in [2.75, 3.05) is 19.7 Å². The highest BCUT2D eigenvalue weighted by Crippen LogP contribution is 2.27. The Hall–Kier alpha value is -2.76. The summed E-state index contributed by atoms with van der Waals surface area (Å²) in [6, 6.07) is 10.8. The molecule has 2 amide bonds. The van der Waals surface area contributed by atoms with Crippen molar-refractivity contribution in [1.29, 1.82) is 0 Å². The number of aromatic hydroxyl groups is 1. The summed E-state index contributed by atoms with van der Waals surface area (Å²) in [4.78, 5) is 26.1. The topological polar surface area (TPSA) is 78.9 Å². The third kappa shape index (κ3) is 3.84. The standard InChI is InChI=1S/C19H22N2O4/c1-2-25-19(24)20-15-8-5-9-21(12-15)18(23)16-10-13-6-3-4-7-14(13)11-17(16)22/h3-4,6-7,10-11,15,22H,2,5,8-9,12H2,1H3,(H,20,24)/t15-/m1/s1. The smallest absolute Gasteiger partial charge is 0.407 e. The number of amides is 2. The highest BCUT2D eigenvalue weighted by molar-refractivity contribution is 6.01. The molecule has 0 unspecified atom stereocenters. The van der Waals surface area contributed by atoms with Gasteiger partial charge in [-0.1, -0.05) is 24.3 Å². The number of hydrogen-bond donors (Lipinski definition) is 2. The van der Waals surface area contributed by atoms with Crippen LogP contribution in [0.3, 0.4) is 0 Å². The molecule has 0 aliphatic carbocycles. The molecule has 0 aromatic heterocycles. The van der Waals surface area contributed by atoms with E-state index in [1.165, 1.54) is 0 Å². The first kappa shape index (κ1) is 17.1. The molecule has 3 rings (SSSR count). The number of alkyl carbamates (subject to hydrolysis) is 1. The van der Waals surface area contributed by atoms with Crippen LogP contribution in [0.2, 0.25) is 0 Å². The van der Waals surface area contributed by atoms with Gasteiger partial charge in [-0.25, -0.2) is 4.79 Å². The minimum atomic E-state index is -0.463. The second-order valence-electron chi connectivity index (χ2n) is 6.17. The summed E-state index contributed by atoms with van der Waals surface area (Å²) in [6.45, 7) is 3.07. The summed E-state index contributed by atoms with van der Waals surface area (Å²) in [7, 11) is 0. The highest BCUT2D eigenvalue weighted by atomic mass is 16.5. The molecule has 25 heavy (non-hydrogen) atoms. The molecule has 6 heteroatoms. The zero-order valence-electron chi connectivity index (χ0n) is 14.2. The van der Waals surface area contributed by atoms with Crippen molar-refractivity contribution in [2.45, 2.75) is 25.8 Å². The van der Waals surface area contributed by atoms with Gasteiger partial charge in [-0.2, -0.15) is 0 Å². The molecule has 0 radical (unpaired) electrons. The van der Waals surface area contributed by atoms with Crippen LogP contribution in [0.25, 0.3) is 10.8 Å². The van der Waals surface area contributed by atoms with E-state index in [1.54, 1.807) is 24.0 Å². The van der Waals surface area contributed by atoms with Crippen LogP contribution in [0, 0.1) is 0 Å². The monoisotopic (exact) mass is 342 g/mol. The van der Waals surface area contributed by atoms with Crippen molar-refractivity contribution in [3.63, 3.8) is 0 Å². The van der Waals surface area contributed by atoms with Crippen LogP contribution in [-0.2, 0) is 4.74 Å². The van der Waals surface area contributed by atoms with Crippen molar-refractivity contribution in [1.82, 2.24) is 10.2 Å². The average Bonchev–Trinajstić information content (AvgIpc) is 2.61. The van der Waals surface area contributed by atoms with E-state index in [0.717, 1.165) is 23.6 Å². The molecule has 0 spiro atoms. The largest absolute Gasteiger partial charge is 0.507 e. The first-order valence-electron chi connectivity index (χ1n) is 8.53. The van der Waals surface area contributed by atoms with Crippen LogP contribution in [0.15, 0.2) is 36.4 Å². The molecule has 2 N–H and O–H groups in total. The van der Waals surface area contributed by atoms with Crippen molar-refractivity contribution < 1.29 is 19.4 Å². The maximum Gasteiger partial charge on any atom is 0.407 e. The first-order chi connectivity index (χ1) is 12.1. The number of phenolic OH excluding ortho intramolecular Hbond substituents is 1. The van der Waals surface area contributed by atoms with Gasteiger partial charge in [0.05, 0.1) is 12.2 Å². The van der Waals surface area contributed by atoms with Crippen LogP contribution in [0.1, 0.15) is 30.1 Å². The molecule has 1 atom stereocenters. The molecule has 6 nitrogen and oxygen atoms in total. The first-order valence-corrected chi connectivity index (χ1v) is 8.53. The van der Waals surface area contributed by atoms with E-state index in [4.69, 9.17) is 4.74 Å². The van der Waals surface area contributed by atoms with E-state index >= 15 is 0 Å². The number of piperidine rings is 1. The number of rotatable bonds is 3. The maximum atomic E-state index is 12.8. The Morgan fingerprint density at radius 1 is 1.28 bits per heavy atom. The minimum Gasteiger partial charge on any atom is -0.507 e. The lowest BCUT2D eigenvalue weighted by Gasteiger charge is -2.33. The van der Waals surface area contributed by atoms with Crippen LogP contribution in [0.4, 0.5) is 4.79 Å². The van der Waals surface area contributed by atoms with E-state index in [9.17, 15) is 14.7 Å². The second kappa shape index (κ2) is 7.42. The molecule has 0 saturated carbocycles. The van der Waals surface area contributed by atoms with Crippen LogP contribution in [-0.4, -0.2) is 47.7 Å². The van der Waals surface area contributed by atoms with Gasteiger partial charge >= 0.3 is 6.09 Å². The van der Waals surface area contributed by atoms with Crippen molar-refractivity contribution in [2.24, 2.45) is 0 Å². The zero-order valence-corrected chi connectivity index (χ0v) is 14.2. The molecule has 1 aliphatic heterocycles. The molecule has 1 heterocycles. The van der Waals surface area contributed by atoms with Crippen molar-refractivity contribution >= 4 is 22.8 Å². The van der Waals surface area contributed by atoms with Gasteiger partial charge in [0.2, 0.25) is 0 Å². The number of phenols is 1. The van der Waals surface area contributed by atoms with E-state index in [-0.39, 0.29) is 23.3 Å². The van der Waals surface area contributed by atoms with Gasteiger partial charge in [-0.15, -0.1) is 0 Å². The fourth-order valence-corrected chi connectivity index (χ4v) is 3.19. The summed E-state index contributed by atoms with van der Waals surface area (Å²) < 4.78 is 4.90. The number of nitrogens with zero attached hydrogens (tertiary/aromatic N) is 1. The third-order valence-electron chi connectivity index (χ3n) is 4.40. The Labute approximate surface area is 146 Å². The van der Waals surface area contributed by atoms with E-state index in [2.05, 4.69) is 5.32 Å². The average molecular weight is 342 g/mol. The molecular weight excluding hydrogens is 320 g/mol. The lowest BCUT2D eigenvalue weighted by molar-refractivity contribution is 0.0683.